The van der Waals surface area contributed by atoms with Crippen LogP contribution in [0.1, 0.15) is 24.1 Å². The second kappa shape index (κ2) is 10.2. The summed E-state index contributed by atoms with van der Waals surface area (Å²) in [5.41, 5.74) is 2.21. The maximum atomic E-state index is 12.6. The molecule has 0 aliphatic heterocycles. The Bertz CT molecular complexity index is 1180. The van der Waals surface area contributed by atoms with Gasteiger partial charge in [-0.15, -0.1) is 0 Å². The van der Waals surface area contributed by atoms with Gasteiger partial charge in [0.25, 0.3) is 15.9 Å². The molecule has 3 aromatic rings. The highest BCUT2D eigenvalue weighted by Crippen LogP contribution is 2.24. The number of nitrogens with one attached hydrogen (secondary N) is 2. The number of amides is 1. The van der Waals surface area contributed by atoms with Crippen molar-refractivity contribution in [1.29, 1.82) is 0 Å². The third-order valence-electron chi connectivity index (χ3n) is 4.88. The van der Waals surface area contributed by atoms with Crippen molar-refractivity contribution >= 4 is 21.6 Å². The van der Waals surface area contributed by atoms with E-state index in [0.717, 1.165) is 11.1 Å². The number of anilines is 1. The number of hydrogen-bond donors (Lipinski definition) is 2. The maximum Gasteiger partial charge on any atom is 0.261 e. The zero-order valence-corrected chi connectivity index (χ0v) is 19.0. The lowest BCUT2D eigenvalue weighted by Gasteiger charge is -2.17. The van der Waals surface area contributed by atoms with Gasteiger partial charge in [-0.1, -0.05) is 36.4 Å². The SMILES string of the molecule is COc1ccccc1C(C)NC(=O)COc1ccc(S(=O)(=O)Nc2ccccc2C)cc1. The minimum absolute atomic E-state index is 0.0994. The van der Waals surface area contributed by atoms with Gasteiger partial charge in [-0.05, 0) is 55.8 Å². The average Bonchev–Trinajstić information content (AvgIpc) is 2.79. The third kappa shape index (κ3) is 5.79. The molecule has 0 aliphatic rings. The van der Waals surface area contributed by atoms with Gasteiger partial charge >= 0.3 is 0 Å². The molecule has 3 aromatic carbocycles. The largest absolute Gasteiger partial charge is 0.496 e. The summed E-state index contributed by atoms with van der Waals surface area (Å²) in [7, 11) is -2.15. The number of methoxy groups -OCH3 is 1. The van der Waals surface area contributed by atoms with E-state index in [1.807, 2.05) is 50.2 Å². The van der Waals surface area contributed by atoms with Gasteiger partial charge in [0.1, 0.15) is 11.5 Å². The van der Waals surface area contributed by atoms with E-state index in [1.54, 1.807) is 19.2 Å². The van der Waals surface area contributed by atoms with Crippen molar-refractivity contribution in [1.82, 2.24) is 5.32 Å². The summed E-state index contributed by atoms with van der Waals surface area (Å²) in [5.74, 6) is 0.776. The molecule has 7 nitrogen and oxygen atoms in total. The first-order valence-electron chi connectivity index (χ1n) is 10.0. The first kappa shape index (κ1) is 23.1. The zero-order valence-electron chi connectivity index (χ0n) is 18.2. The van der Waals surface area contributed by atoms with Crippen molar-refractivity contribution in [2.45, 2.75) is 24.8 Å². The Balaban J connectivity index is 1.57. The van der Waals surface area contributed by atoms with Crippen molar-refractivity contribution in [3.63, 3.8) is 0 Å². The lowest BCUT2D eigenvalue weighted by Crippen LogP contribution is -2.31. The number of para-hydroxylation sites is 2. The smallest absolute Gasteiger partial charge is 0.261 e. The van der Waals surface area contributed by atoms with Crippen molar-refractivity contribution < 1.29 is 22.7 Å². The monoisotopic (exact) mass is 454 g/mol. The summed E-state index contributed by atoms with van der Waals surface area (Å²) in [6.07, 6.45) is 0. The van der Waals surface area contributed by atoms with Crippen LogP contribution in [-0.4, -0.2) is 28.0 Å². The quantitative estimate of drug-likeness (QED) is 0.509. The van der Waals surface area contributed by atoms with Crippen LogP contribution in [0.4, 0.5) is 5.69 Å². The lowest BCUT2D eigenvalue weighted by atomic mass is 10.1. The Labute approximate surface area is 188 Å². The minimum Gasteiger partial charge on any atom is -0.496 e. The Morgan fingerprint density at radius 2 is 1.62 bits per heavy atom. The van der Waals surface area contributed by atoms with Crippen LogP contribution in [0.2, 0.25) is 0 Å². The molecule has 1 amide bonds. The van der Waals surface area contributed by atoms with Gasteiger partial charge in [-0.2, -0.15) is 0 Å². The standard InChI is InChI=1S/C24H26N2O5S/c1-17-8-4-6-10-22(17)26-32(28,29)20-14-12-19(13-15-20)31-16-24(27)25-18(2)21-9-5-7-11-23(21)30-3/h4-15,18,26H,16H2,1-3H3,(H,25,27). The van der Waals surface area contributed by atoms with E-state index in [1.165, 1.54) is 24.3 Å². The van der Waals surface area contributed by atoms with Gasteiger partial charge in [0, 0.05) is 5.56 Å². The molecule has 0 aromatic heterocycles. The minimum atomic E-state index is -3.73. The molecule has 0 spiro atoms. The van der Waals surface area contributed by atoms with E-state index < -0.39 is 10.0 Å². The van der Waals surface area contributed by atoms with Crippen LogP contribution in [-0.2, 0) is 14.8 Å². The highest BCUT2D eigenvalue weighted by Gasteiger charge is 2.16. The number of hydrogen-bond acceptors (Lipinski definition) is 5. The second-order valence-electron chi connectivity index (χ2n) is 7.21. The van der Waals surface area contributed by atoms with Gasteiger partial charge < -0.3 is 14.8 Å². The van der Waals surface area contributed by atoms with Gasteiger partial charge in [-0.3, -0.25) is 9.52 Å². The highest BCUT2D eigenvalue weighted by molar-refractivity contribution is 7.92. The molecule has 8 heteroatoms. The second-order valence-corrected chi connectivity index (χ2v) is 8.89. The summed E-state index contributed by atoms with van der Waals surface area (Å²) in [5, 5.41) is 2.86. The van der Waals surface area contributed by atoms with Crippen molar-refractivity contribution in [3.8, 4) is 11.5 Å². The normalized spacial score (nSPS) is 12.0. The van der Waals surface area contributed by atoms with Gasteiger partial charge in [-0.25, -0.2) is 8.42 Å². The van der Waals surface area contributed by atoms with Crippen LogP contribution in [0.3, 0.4) is 0 Å². The van der Waals surface area contributed by atoms with Crippen LogP contribution < -0.4 is 19.5 Å². The van der Waals surface area contributed by atoms with E-state index >= 15 is 0 Å². The zero-order chi connectivity index (χ0) is 23.1. The Morgan fingerprint density at radius 3 is 2.31 bits per heavy atom. The number of benzene rings is 3. The predicted molar refractivity (Wildman–Crippen MR) is 123 cm³/mol. The first-order chi connectivity index (χ1) is 15.3. The number of carbonyl (C=O) groups excluding carboxylic acids is 1. The van der Waals surface area contributed by atoms with E-state index in [2.05, 4.69) is 10.0 Å². The summed E-state index contributed by atoms with van der Waals surface area (Å²) in [6.45, 7) is 3.48. The third-order valence-corrected chi connectivity index (χ3v) is 6.26. The molecule has 32 heavy (non-hydrogen) atoms. The Hall–Kier alpha value is -3.52. The molecule has 0 aliphatic carbocycles. The molecule has 0 radical (unpaired) electrons. The van der Waals surface area contributed by atoms with Gasteiger partial charge in [0.15, 0.2) is 6.61 Å². The number of rotatable bonds is 9. The fourth-order valence-corrected chi connectivity index (χ4v) is 4.27. The molecule has 3 rings (SSSR count). The Morgan fingerprint density at radius 1 is 0.969 bits per heavy atom. The lowest BCUT2D eigenvalue weighted by molar-refractivity contribution is -0.123. The van der Waals surface area contributed by atoms with Crippen LogP contribution >= 0.6 is 0 Å². The van der Waals surface area contributed by atoms with E-state index in [9.17, 15) is 13.2 Å². The molecule has 0 fully saturated rings. The molecule has 0 saturated carbocycles. The summed E-state index contributed by atoms with van der Waals surface area (Å²) < 4.78 is 38.6. The molecule has 0 bridgehead atoms. The summed E-state index contributed by atoms with van der Waals surface area (Å²) >= 11 is 0. The molecule has 168 valence electrons. The molecular formula is C24H26N2O5S. The predicted octanol–water partition coefficient (Wildman–Crippen LogP) is 4.06. The van der Waals surface area contributed by atoms with Crippen molar-refractivity contribution in [3.05, 3.63) is 83.9 Å². The Kier molecular flexibility index (Phi) is 7.37. The first-order valence-corrected chi connectivity index (χ1v) is 11.5. The average molecular weight is 455 g/mol. The number of carbonyl (C=O) groups is 1. The van der Waals surface area contributed by atoms with E-state index in [0.29, 0.717) is 17.2 Å². The van der Waals surface area contributed by atoms with Gasteiger partial charge in [0.05, 0.1) is 23.7 Å². The molecule has 1 atom stereocenters. The number of sulfonamides is 1. The molecule has 1 unspecified atom stereocenters. The summed E-state index contributed by atoms with van der Waals surface area (Å²) in [4.78, 5) is 12.4. The molecular weight excluding hydrogens is 428 g/mol. The van der Waals surface area contributed by atoms with Crippen LogP contribution in [0.25, 0.3) is 0 Å². The van der Waals surface area contributed by atoms with Crippen molar-refractivity contribution in [2.24, 2.45) is 0 Å². The van der Waals surface area contributed by atoms with Gasteiger partial charge in [0.2, 0.25) is 0 Å². The fraction of sp³-hybridized carbons (Fsp3) is 0.208. The molecule has 0 saturated heterocycles. The molecule has 2 N–H and O–H groups in total. The van der Waals surface area contributed by atoms with Crippen molar-refractivity contribution in [2.75, 3.05) is 18.4 Å². The fourth-order valence-electron chi connectivity index (χ4n) is 3.14. The van der Waals surface area contributed by atoms with Crippen LogP contribution in [0.15, 0.2) is 77.7 Å². The van der Waals surface area contributed by atoms with E-state index in [4.69, 9.17) is 9.47 Å². The number of aryl methyl sites for hydroxylation is 1. The highest BCUT2D eigenvalue weighted by atomic mass is 32.2. The molecule has 0 heterocycles. The number of ether oxygens (including phenoxy) is 2. The van der Waals surface area contributed by atoms with E-state index in [-0.39, 0.29) is 23.5 Å². The van der Waals surface area contributed by atoms with Crippen LogP contribution in [0.5, 0.6) is 11.5 Å². The maximum absolute atomic E-state index is 12.6. The topological polar surface area (TPSA) is 93.7 Å². The summed E-state index contributed by atoms with van der Waals surface area (Å²) in [6, 6.07) is 20.2. The van der Waals surface area contributed by atoms with Crippen LogP contribution in [0, 0.1) is 6.92 Å².